The molecule has 26 heavy (non-hydrogen) atoms. The maximum absolute atomic E-state index is 13.9. The van der Waals surface area contributed by atoms with Crippen LogP contribution in [0, 0.1) is 5.82 Å². The van der Waals surface area contributed by atoms with Crippen LogP contribution >= 0.6 is 0 Å². The number of rotatable bonds is 5. The average Bonchev–Trinajstić information content (AvgIpc) is 2.84. The number of ether oxygens (including phenoxy) is 3. The number of hydrogen-bond acceptors (Lipinski definition) is 6. The van der Waals surface area contributed by atoms with Crippen LogP contribution in [0.2, 0.25) is 0 Å². The normalized spacial score (nSPS) is 13.7. The van der Waals surface area contributed by atoms with Crippen molar-refractivity contribution in [2.45, 2.75) is 20.0 Å². The van der Waals surface area contributed by atoms with E-state index in [2.05, 4.69) is 0 Å². The van der Waals surface area contributed by atoms with Crippen LogP contribution in [0.4, 0.5) is 10.1 Å². The van der Waals surface area contributed by atoms with Gasteiger partial charge in [0.15, 0.2) is 0 Å². The van der Waals surface area contributed by atoms with E-state index >= 15 is 0 Å². The molecule has 6 nitrogen and oxygen atoms in total. The monoisotopic (exact) mass is 361 g/mol. The molecule has 1 aliphatic heterocycles. The van der Waals surface area contributed by atoms with Crippen LogP contribution in [0.5, 0.6) is 5.75 Å². The molecule has 0 aliphatic carbocycles. The highest BCUT2D eigenvalue weighted by Crippen LogP contribution is 2.35. The summed E-state index contributed by atoms with van der Waals surface area (Å²) in [4.78, 5) is 25.9. The Morgan fingerprint density at radius 1 is 1.08 bits per heavy atom. The van der Waals surface area contributed by atoms with Crippen LogP contribution in [0.1, 0.15) is 13.8 Å². The van der Waals surface area contributed by atoms with Gasteiger partial charge >= 0.3 is 11.9 Å². The molecule has 138 valence electrons. The van der Waals surface area contributed by atoms with Crippen LogP contribution in [-0.4, -0.2) is 32.3 Å². The minimum Gasteiger partial charge on any atom is -0.489 e. The van der Waals surface area contributed by atoms with Crippen molar-refractivity contribution in [1.82, 2.24) is 0 Å². The summed E-state index contributed by atoms with van der Waals surface area (Å²) in [5, 5.41) is 0. The van der Waals surface area contributed by atoms with E-state index in [9.17, 15) is 14.0 Å². The molecular formula is C19H20FNO5. The molecule has 0 saturated heterocycles. The first-order valence-corrected chi connectivity index (χ1v) is 7.90. The molecule has 0 amide bonds. The number of nitrogens with zero attached hydrogens (tertiary/aromatic N) is 1. The number of halogens is 1. The quantitative estimate of drug-likeness (QED) is 0.751. The third-order valence-electron chi connectivity index (χ3n) is 3.43. The van der Waals surface area contributed by atoms with Gasteiger partial charge in [-0.05, 0) is 38.1 Å². The van der Waals surface area contributed by atoms with Crippen molar-refractivity contribution in [2.75, 3.05) is 19.1 Å². The molecule has 0 aromatic heterocycles. The van der Waals surface area contributed by atoms with E-state index in [0.717, 1.165) is 0 Å². The first kappa shape index (κ1) is 19.2. The number of allylic oxidation sites excluding steroid dienone is 2. The number of hydrogen-bond donors (Lipinski definition) is 0. The summed E-state index contributed by atoms with van der Waals surface area (Å²) in [5.41, 5.74) is 0.119. The fourth-order valence-corrected chi connectivity index (χ4v) is 2.38. The smallest absolute Gasteiger partial charge is 0.355 e. The summed E-state index contributed by atoms with van der Waals surface area (Å²) in [6.07, 6.45) is 5.93. The molecule has 1 aromatic carbocycles. The third kappa shape index (κ3) is 4.11. The van der Waals surface area contributed by atoms with Gasteiger partial charge in [0.25, 0.3) is 0 Å². The maximum atomic E-state index is 13.9. The van der Waals surface area contributed by atoms with E-state index in [4.69, 9.17) is 14.2 Å². The lowest BCUT2D eigenvalue weighted by Gasteiger charge is -2.26. The molecule has 2 rings (SSSR count). The van der Waals surface area contributed by atoms with Crippen LogP contribution in [0.15, 0.2) is 53.9 Å². The first-order valence-electron chi connectivity index (χ1n) is 7.90. The number of carbonyl (C=O) groups is 2. The van der Waals surface area contributed by atoms with Gasteiger partial charge in [-0.2, -0.15) is 0 Å². The Kier molecular flexibility index (Phi) is 6.16. The lowest BCUT2D eigenvalue weighted by atomic mass is 10.1. The number of methoxy groups -OCH3 is 2. The van der Waals surface area contributed by atoms with E-state index in [1.807, 2.05) is 13.8 Å². The second-order valence-electron chi connectivity index (χ2n) is 5.59. The molecule has 1 heterocycles. The van der Waals surface area contributed by atoms with Crippen LogP contribution in [0.25, 0.3) is 0 Å². The zero-order chi connectivity index (χ0) is 19.3. The molecular weight excluding hydrogens is 341 g/mol. The SMILES string of the molecule is COC(=O)C1=C(C(=O)OC)N(c2cc(F)ccc2OC(C)C)C=CC=C1. The topological polar surface area (TPSA) is 65.1 Å². The molecule has 0 saturated carbocycles. The molecule has 7 heteroatoms. The molecule has 1 aromatic rings. The van der Waals surface area contributed by atoms with Gasteiger partial charge in [0.05, 0.1) is 31.6 Å². The van der Waals surface area contributed by atoms with E-state index in [0.29, 0.717) is 5.75 Å². The lowest BCUT2D eigenvalue weighted by Crippen LogP contribution is -2.27. The summed E-state index contributed by atoms with van der Waals surface area (Å²) < 4.78 is 29.2. The Morgan fingerprint density at radius 3 is 2.38 bits per heavy atom. The summed E-state index contributed by atoms with van der Waals surface area (Å²) in [5.74, 6) is -1.68. The summed E-state index contributed by atoms with van der Waals surface area (Å²) >= 11 is 0. The minimum atomic E-state index is -0.777. The van der Waals surface area contributed by atoms with E-state index in [1.54, 1.807) is 12.2 Å². The first-order chi connectivity index (χ1) is 12.4. The fraction of sp³-hybridized carbons (Fsp3) is 0.263. The Morgan fingerprint density at radius 2 is 1.77 bits per heavy atom. The Hall–Kier alpha value is -3.09. The highest BCUT2D eigenvalue weighted by Gasteiger charge is 2.29. The predicted molar refractivity (Wildman–Crippen MR) is 94.0 cm³/mol. The Bertz CT molecular complexity index is 795. The fourth-order valence-electron chi connectivity index (χ4n) is 2.38. The number of carbonyl (C=O) groups excluding carboxylic acids is 2. The van der Waals surface area contributed by atoms with Crippen molar-refractivity contribution in [1.29, 1.82) is 0 Å². The van der Waals surface area contributed by atoms with Gasteiger partial charge in [0.1, 0.15) is 17.3 Å². The van der Waals surface area contributed by atoms with Crippen molar-refractivity contribution in [3.8, 4) is 5.75 Å². The summed E-state index contributed by atoms with van der Waals surface area (Å²) in [6.45, 7) is 3.65. The zero-order valence-corrected chi connectivity index (χ0v) is 15.0. The molecule has 0 spiro atoms. The Balaban J connectivity index is 2.71. The van der Waals surface area contributed by atoms with Gasteiger partial charge < -0.3 is 19.1 Å². The minimum absolute atomic E-state index is 0.0240. The largest absolute Gasteiger partial charge is 0.489 e. The highest BCUT2D eigenvalue weighted by atomic mass is 19.1. The van der Waals surface area contributed by atoms with E-state index < -0.39 is 17.8 Å². The van der Waals surface area contributed by atoms with E-state index in [-0.39, 0.29) is 23.1 Å². The van der Waals surface area contributed by atoms with Gasteiger partial charge in [-0.1, -0.05) is 6.08 Å². The van der Waals surface area contributed by atoms with Crippen molar-refractivity contribution >= 4 is 17.6 Å². The maximum Gasteiger partial charge on any atom is 0.355 e. The average molecular weight is 361 g/mol. The van der Waals surface area contributed by atoms with Crippen molar-refractivity contribution in [2.24, 2.45) is 0 Å². The van der Waals surface area contributed by atoms with Crippen LogP contribution in [-0.2, 0) is 19.1 Å². The lowest BCUT2D eigenvalue weighted by molar-refractivity contribution is -0.139. The molecule has 0 unspecified atom stereocenters. The predicted octanol–water partition coefficient (Wildman–Crippen LogP) is 3.10. The van der Waals surface area contributed by atoms with Crippen molar-refractivity contribution in [3.63, 3.8) is 0 Å². The summed E-state index contributed by atoms with van der Waals surface area (Å²) in [6, 6.07) is 3.93. The van der Waals surface area contributed by atoms with Gasteiger partial charge in [-0.25, -0.2) is 14.0 Å². The molecule has 0 N–H and O–H groups in total. The second kappa shape index (κ2) is 8.33. The van der Waals surface area contributed by atoms with Crippen molar-refractivity contribution < 1.29 is 28.2 Å². The third-order valence-corrected chi connectivity index (χ3v) is 3.43. The van der Waals surface area contributed by atoms with Gasteiger partial charge in [0, 0.05) is 12.3 Å². The number of esters is 2. The second-order valence-corrected chi connectivity index (χ2v) is 5.59. The summed E-state index contributed by atoms with van der Waals surface area (Å²) in [7, 11) is 2.40. The standard InChI is InChI=1S/C19H20FNO5/c1-12(2)26-16-9-8-13(20)11-15(16)21-10-6-5-7-14(18(22)24-3)17(21)19(23)25-4/h5-12H,1-4H3. The Labute approximate surface area is 151 Å². The highest BCUT2D eigenvalue weighted by molar-refractivity contribution is 6.05. The van der Waals surface area contributed by atoms with Gasteiger partial charge in [-0.3, -0.25) is 0 Å². The van der Waals surface area contributed by atoms with Gasteiger partial charge in [0.2, 0.25) is 0 Å². The molecule has 0 fully saturated rings. The van der Waals surface area contributed by atoms with Gasteiger partial charge in [-0.15, -0.1) is 0 Å². The zero-order valence-electron chi connectivity index (χ0n) is 15.0. The van der Waals surface area contributed by atoms with E-state index in [1.165, 1.54) is 49.6 Å². The molecule has 0 atom stereocenters. The number of benzene rings is 1. The molecule has 0 radical (unpaired) electrons. The molecule has 0 bridgehead atoms. The van der Waals surface area contributed by atoms with Crippen LogP contribution < -0.4 is 9.64 Å². The molecule has 1 aliphatic rings. The van der Waals surface area contributed by atoms with Crippen LogP contribution in [0.3, 0.4) is 0 Å². The number of anilines is 1. The van der Waals surface area contributed by atoms with Crippen molar-refractivity contribution in [3.05, 3.63) is 59.7 Å².